The lowest BCUT2D eigenvalue weighted by molar-refractivity contribution is 0.208. The molecular weight excluding hydrogens is 354 g/mol. The summed E-state index contributed by atoms with van der Waals surface area (Å²) in [5.41, 5.74) is 4.13. The molecule has 3 N–H and O–H groups in total. The summed E-state index contributed by atoms with van der Waals surface area (Å²) in [6.07, 6.45) is 0. The first-order valence-corrected chi connectivity index (χ1v) is 8.34. The predicted octanol–water partition coefficient (Wildman–Crippen LogP) is 3.49. The van der Waals surface area contributed by atoms with Crippen LogP contribution in [0.5, 0.6) is 11.5 Å². The first kappa shape index (κ1) is 19.7. The maximum Gasteiger partial charge on any atom is 0.321 e. The Morgan fingerprint density at radius 3 is 2.23 bits per heavy atom. The van der Waals surface area contributed by atoms with E-state index in [1.165, 1.54) is 35.0 Å². The minimum atomic E-state index is -0.231. The maximum absolute atomic E-state index is 12.4. The summed E-state index contributed by atoms with van der Waals surface area (Å²) in [5, 5.41) is 21.7. The fourth-order valence-corrected chi connectivity index (χ4v) is 3.10. The Morgan fingerprint density at radius 2 is 1.62 bits per heavy atom. The first-order chi connectivity index (χ1) is 11.9. The zero-order chi connectivity index (χ0) is 18.0. The van der Waals surface area contributed by atoms with Gasteiger partial charge in [0.25, 0.3) is 0 Å². The van der Waals surface area contributed by atoms with E-state index >= 15 is 0 Å². The molecule has 6 nitrogen and oxygen atoms in total. The van der Waals surface area contributed by atoms with Crippen LogP contribution in [0, 0.1) is 13.8 Å². The minimum Gasteiger partial charge on any atom is -0.508 e. The number of anilines is 2. The quantitative estimate of drug-likeness (QED) is 0.748. The van der Waals surface area contributed by atoms with Gasteiger partial charge in [-0.1, -0.05) is 12.1 Å². The molecule has 0 aromatic heterocycles. The first-order valence-electron chi connectivity index (χ1n) is 8.34. The number of piperazine rings is 1. The number of carbonyl (C=O) groups is 1. The summed E-state index contributed by atoms with van der Waals surface area (Å²) in [4.78, 5) is 16.4. The number of hydrogen-bond acceptors (Lipinski definition) is 4. The van der Waals surface area contributed by atoms with Gasteiger partial charge in [-0.3, -0.25) is 0 Å². The molecule has 7 heteroatoms. The molecule has 1 aliphatic heterocycles. The van der Waals surface area contributed by atoms with E-state index in [4.69, 9.17) is 0 Å². The molecule has 0 aliphatic carbocycles. The van der Waals surface area contributed by atoms with Crippen LogP contribution in [0.2, 0.25) is 0 Å². The molecule has 0 atom stereocenters. The molecule has 0 unspecified atom stereocenters. The molecule has 1 heterocycles. The molecule has 0 bridgehead atoms. The number of rotatable bonds is 2. The number of phenolic OH excluding ortho intramolecular Hbond substituents is 2. The van der Waals surface area contributed by atoms with E-state index in [1.54, 1.807) is 4.90 Å². The molecule has 0 radical (unpaired) electrons. The van der Waals surface area contributed by atoms with Crippen LogP contribution in [0.4, 0.5) is 16.2 Å². The molecule has 0 saturated carbocycles. The van der Waals surface area contributed by atoms with Gasteiger partial charge in [-0.15, -0.1) is 12.4 Å². The molecule has 1 saturated heterocycles. The standard InChI is InChI=1S/C19H23N3O3.ClH/c1-13-4-3-5-18(14(13)2)21-6-8-22(9-7-21)19(25)20-15-10-16(23)12-17(24)11-15;/h3-5,10-12,23-24H,6-9H2,1-2H3,(H,20,25);1H. The van der Waals surface area contributed by atoms with Crippen molar-refractivity contribution in [3.63, 3.8) is 0 Å². The zero-order valence-electron chi connectivity index (χ0n) is 14.9. The van der Waals surface area contributed by atoms with Crippen molar-refractivity contribution in [2.24, 2.45) is 0 Å². The lowest BCUT2D eigenvalue weighted by atomic mass is 10.1. The highest BCUT2D eigenvalue weighted by atomic mass is 35.5. The lowest BCUT2D eigenvalue weighted by Gasteiger charge is -2.37. The molecule has 2 amide bonds. The maximum atomic E-state index is 12.4. The van der Waals surface area contributed by atoms with Gasteiger partial charge in [0.05, 0.1) is 0 Å². The van der Waals surface area contributed by atoms with Crippen LogP contribution in [0.15, 0.2) is 36.4 Å². The highest BCUT2D eigenvalue weighted by Crippen LogP contribution is 2.25. The average molecular weight is 378 g/mol. The monoisotopic (exact) mass is 377 g/mol. The summed E-state index contributed by atoms with van der Waals surface area (Å²) < 4.78 is 0. The van der Waals surface area contributed by atoms with Gasteiger partial charge in [0.2, 0.25) is 0 Å². The third-order valence-electron chi connectivity index (χ3n) is 4.64. The highest BCUT2D eigenvalue weighted by Gasteiger charge is 2.22. The van der Waals surface area contributed by atoms with Crippen molar-refractivity contribution >= 4 is 29.8 Å². The SMILES string of the molecule is Cc1cccc(N2CCN(C(=O)Nc3cc(O)cc(O)c3)CC2)c1C.Cl. The Balaban J connectivity index is 0.00000243. The van der Waals surface area contributed by atoms with Crippen LogP contribution in [-0.2, 0) is 0 Å². The normalized spacial score (nSPS) is 13.9. The van der Waals surface area contributed by atoms with Crippen LogP contribution in [0.3, 0.4) is 0 Å². The largest absolute Gasteiger partial charge is 0.508 e. The van der Waals surface area contributed by atoms with E-state index in [0.717, 1.165) is 13.1 Å². The second-order valence-corrected chi connectivity index (χ2v) is 6.36. The van der Waals surface area contributed by atoms with Gasteiger partial charge in [-0.05, 0) is 31.0 Å². The summed E-state index contributed by atoms with van der Waals surface area (Å²) in [6.45, 7) is 6.99. The number of aromatic hydroxyl groups is 2. The third kappa shape index (κ3) is 4.32. The second-order valence-electron chi connectivity index (χ2n) is 6.36. The van der Waals surface area contributed by atoms with E-state index in [1.807, 2.05) is 0 Å². The number of nitrogens with one attached hydrogen (secondary N) is 1. The van der Waals surface area contributed by atoms with Crippen molar-refractivity contribution in [2.75, 3.05) is 36.4 Å². The van der Waals surface area contributed by atoms with Crippen LogP contribution < -0.4 is 10.2 Å². The number of carbonyl (C=O) groups excluding carboxylic acids is 1. The van der Waals surface area contributed by atoms with Crippen molar-refractivity contribution in [3.8, 4) is 11.5 Å². The van der Waals surface area contributed by atoms with Gasteiger partial charge < -0.3 is 25.3 Å². The molecule has 140 valence electrons. The second kappa shape index (κ2) is 8.19. The van der Waals surface area contributed by atoms with Gasteiger partial charge in [0.15, 0.2) is 0 Å². The fraction of sp³-hybridized carbons (Fsp3) is 0.316. The Morgan fingerprint density at radius 1 is 1.00 bits per heavy atom. The molecule has 1 aliphatic rings. The Labute approximate surface area is 159 Å². The molecular formula is C19H24ClN3O3. The molecule has 2 aromatic carbocycles. The average Bonchev–Trinajstić information content (AvgIpc) is 2.56. The van der Waals surface area contributed by atoms with Crippen LogP contribution in [0.1, 0.15) is 11.1 Å². The van der Waals surface area contributed by atoms with Crippen LogP contribution in [0.25, 0.3) is 0 Å². The van der Waals surface area contributed by atoms with Gasteiger partial charge in [-0.25, -0.2) is 4.79 Å². The predicted molar refractivity (Wildman–Crippen MR) is 106 cm³/mol. The van der Waals surface area contributed by atoms with Crippen molar-refractivity contribution in [1.82, 2.24) is 4.90 Å². The van der Waals surface area contributed by atoms with Gasteiger partial charge in [0.1, 0.15) is 11.5 Å². The Kier molecular flexibility index (Phi) is 6.21. The molecule has 2 aromatic rings. The topological polar surface area (TPSA) is 76.0 Å². The van der Waals surface area contributed by atoms with Gasteiger partial charge >= 0.3 is 6.03 Å². The number of nitrogens with zero attached hydrogens (tertiary/aromatic N) is 2. The van der Waals surface area contributed by atoms with Gasteiger partial charge in [-0.2, -0.15) is 0 Å². The number of halogens is 1. The Bertz CT molecular complexity index is 769. The van der Waals surface area contributed by atoms with Crippen molar-refractivity contribution < 1.29 is 15.0 Å². The summed E-state index contributed by atoms with van der Waals surface area (Å²) in [6, 6.07) is 10.1. The number of amides is 2. The van der Waals surface area contributed by atoms with Crippen LogP contribution >= 0.6 is 12.4 Å². The number of benzene rings is 2. The fourth-order valence-electron chi connectivity index (χ4n) is 3.10. The molecule has 1 fully saturated rings. The Hall–Kier alpha value is -2.60. The van der Waals surface area contributed by atoms with E-state index in [9.17, 15) is 15.0 Å². The van der Waals surface area contributed by atoms with Gasteiger partial charge in [0, 0.05) is 55.8 Å². The number of aryl methyl sites for hydroxylation is 1. The summed E-state index contributed by atoms with van der Waals surface area (Å²) in [7, 11) is 0. The minimum absolute atomic E-state index is 0. The van der Waals surface area contributed by atoms with E-state index in [-0.39, 0.29) is 29.9 Å². The van der Waals surface area contributed by atoms with E-state index in [2.05, 4.69) is 42.3 Å². The smallest absolute Gasteiger partial charge is 0.321 e. The third-order valence-corrected chi connectivity index (χ3v) is 4.64. The summed E-state index contributed by atoms with van der Waals surface area (Å²) in [5.74, 6) is -0.176. The molecule has 26 heavy (non-hydrogen) atoms. The lowest BCUT2D eigenvalue weighted by Crippen LogP contribution is -2.50. The zero-order valence-corrected chi connectivity index (χ0v) is 15.7. The van der Waals surface area contributed by atoms with E-state index in [0.29, 0.717) is 18.8 Å². The highest BCUT2D eigenvalue weighted by molar-refractivity contribution is 5.90. The number of phenols is 2. The summed E-state index contributed by atoms with van der Waals surface area (Å²) >= 11 is 0. The molecule has 0 spiro atoms. The van der Waals surface area contributed by atoms with Crippen molar-refractivity contribution in [3.05, 3.63) is 47.5 Å². The van der Waals surface area contributed by atoms with E-state index < -0.39 is 0 Å². The van der Waals surface area contributed by atoms with Crippen LogP contribution in [-0.4, -0.2) is 47.3 Å². The number of hydrogen-bond donors (Lipinski definition) is 3. The molecule has 3 rings (SSSR count). The van der Waals surface area contributed by atoms with Crippen molar-refractivity contribution in [1.29, 1.82) is 0 Å². The van der Waals surface area contributed by atoms with Crippen molar-refractivity contribution in [2.45, 2.75) is 13.8 Å². The number of urea groups is 1.